The summed E-state index contributed by atoms with van der Waals surface area (Å²) in [7, 11) is 0. The zero-order chi connectivity index (χ0) is 25.9. The Labute approximate surface area is 223 Å². The van der Waals surface area contributed by atoms with Gasteiger partial charge in [0.15, 0.2) is 0 Å². The van der Waals surface area contributed by atoms with Gasteiger partial charge >= 0.3 is 6.01 Å². The van der Waals surface area contributed by atoms with Gasteiger partial charge in [-0.2, -0.15) is 9.97 Å². The van der Waals surface area contributed by atoms with Gasteiger partial charge in [0.25, 0.3) is 0 Å². The molecule has 2 atom stereocenters. The lowest BCUT2D eigenvalue weighted by Crippen LogP contribution is -2.51. The highest BCUT2D eigenvalue weighted by atomic mass is 16.5. The van der Waals surface area contributed by atoms with Gasteiger partial charge in [0, 0.05) is 42.5 Å². The Bertz CT molecular complexity index is 1380. The second-order valence-corrected chi connectivity index (χ2v) is 11.7. The summed E-state index contributed by atoms with van der Waals surface area (Å²) in [6.45, 7) is 11.1. The van der Waals surface area contributed by atoms with Crippen LogP contribution in [-0.2, 0) is 0 Å². The predicted octanol–water partition coefficient (Wildman–Crippen LogP) is 4.38. The van der Waals surface area contributed by atoms with Crippen molar-refractivity contribution in [1.29, 1.82) is 0 Å². The third-order valence-electron chi connectivity index (χ3n) is 9.04. The molecule has 4 fully saturated rings. The smallest absolute Gasteiger partial charge is 0.319 e. The number of pyridine rings is 1. The van der Waals surface area contributed by atoms with E-state index in [9.17, 15) is 5.11 Å². The van der Waals surface area contributed by atoms with Gasteiger partial charge in [0.2, 0.25) is 0 Å². The largest absolute Gasteiger partial charge is 0.508 e. The number of anilines is 1. The monoisotopic (exact) mass is 512 g/mol. The predicted molar refractivity (Wildman–Crippen MR) is 150 cm³/mol. The van der Waals surface area contributed by atoms with Crippen molar-refractivity contribution in [2.45, 2.75) is 63.1 Å². The molecule has 4 aliphatic rings. The van der Waals surface area contributed by atoms with Crippen LogP contribution in [0.4, 0.5) is 5.82 Å². The molecule has 0 aliphatic carbocycles. The molecule has 4 saturated heterocycles. The number of phenolic OH excluding ortho intramolecular Hbond substituents is 1. The molecule has 2 unspecified atom stereocenters. The first kappa shape index (κ1) is 23.9. The van der Waals surface area contributed by atoms with Crippen molar-refractivity contribution < 1.29 is 9.84 Å². The molecular weight excluding hydrogens is 476 g/mol. The Hall–Kier alpha value is -3.23. The van der Waals surface area contributed by atoms with E-state index in [1.807, 2.05) is 25.3 Å². The quantitative estimate of drug-likeness (QED) is 0.503. The average molecular weight is 513 g/mol. The highest BCUT2D eigenvalue weighted by Crippen LogP contribution is 2.41. The zero-order valence-electron chi connectivity index (χ0n) is 22.1. The fourth-order valence-corrected chi connectivity index (χ4v) is 7.26. The summed E-state index contributed by atoms with van der Waals surface area (Å²) in [5.74, 6) is 1.10. The first-order valence-corrected chi connectivity index (χ1v) is 14.0. The number of phenols is 1. The van der Waals surface area contributed by atoms with Crippen molar-refractivity contribution in [3.05, 3.63) is 42.6 Å². The number of nitrogens with one attached hydrogen (secondary N) is 1. The fourth-order valence-electron chi connectivity index (χ4n) is 7.26. The van der Waals surface area contributed by atoms with Crippen LogP contribution in [0.15, 0.2) is 37.0 Å². The lowest BCUT2D eigenvalue weighted by atomic mass is 9.95. The van der Waals surface area contributed by atoms with Crippen molar-refractivity contribution in [1.82, 2.24) is 25.2 Å². The second kappa shape index (κ2) is 9.20. The lowest BCUT2D eigenvalue weighted by Gasteiger charge is -2.35. The van der Waals surface area contributed by atoms with Crippen LogP contribution in [0, 0.1) is 0 Å². The molecule has 38 heavy (non-hydrogen) atoms. The van der Waals surface area contributed by atoms with E-state index < -0.39 is 0 Å². The van der Waals surface area contributed by atoms with E-state index in [2.05, 4.69) is 21.7 Å². The number of hydrogen-bond acceptors (Lipinski definition) is 8. The number of aromatic nitrogens is 3. The first-order valence-electron chi connectivity index (χ1n) is 14.0. The van der Waals surface area contributed by atoms with Crippen LogP contribution in [0.5, 0.6) is 11.8 Å². The lowest BCUT2D eigenvalue weighted by molar-refractivity contribution is 0.108. The summed E-state index contributed by atoms with van der Waals surface area (Å²) in [4.78, 5) is 20.0. The molecule has 8 heteroatoms. The van der Waals surface area contributed by atoms with E-state index in [0.29, 0.717) is 24.7 Å². The van der Waals surface area contributed by atoms with E-state index in [1.54, 1.807) is 12.1 Å². The fraction of sp³-hybridized carbons (Fsp3) is 0.500. The van der Waals surface area contributed by atoms with Crippen molar-refractivity contribution in [2.24, 2.45) is 0 Å². The third-order valence-corrected chi connectivity index (χ3v) is 9.04. The Morgan fingerprint density at radius 1 is 1.16 bits per heavy atom. The number of ether oxygens (including phenoxy) is 1. The molecular formula is C30H36N6O2. The van der Waals surface area contributed by atoms with Crippen molar-refractivity contribution in [2.75, 3.05) is 37.7 Å². The molecule has 2 N–H and O–H groups in total. The van der Waals surface area contributed by atoms with Crippen LogP contribution >= 0.6 is 0 Å². The Morgan fingerprint density at radius 3 is 2.63 bits per heavy atom. The van der Waals surface area contributed by atoms with Crippen LogP contribution in [0.1, 0.15) is 51.0 Å². The van der Waals surface area contributed by atoms with Crippen molar-refractivity contribution in [3.8, 4) is 23.0 Å². The van der Waals surface area contributed by atoms with E-state index >= 15 is 0 Å². The van der Waals surface area contributed by atoms with Gasteiger partial charge in [-0.15, -0.1) is 0 Å². The number of allylic oxidation sites excluding steroid dienone is 1. The Morgan fingerprint density at radius 2 is 1.92 bits per heavy atom. The van der Waals surface area contributed by atoms with Gasteiger partial charge in [-0.3, -0.25) is 9.88 Å². The molecule has 2 aromatic heterocycles. The average Bonchev–Trinajstić information content (AvgIpc) is 3.59. The van der Waals surface area contributed by atoms with Gasteiger partial charge in [0.05, 0.1) is 22.1 Å². The third kappa shape index (κ3) is 4.01. The summed E-state index contributed by atoms with van der Waals surface area (Å²) >= 11 is 0. The van der Waals surface area contributed by atoms with Crippen LogP contribution in [0.25, 0.3) is 27.7 Å². The van der Waals surface area contributed by atoms with E-state index in [4.69, 9.17) is 19.7 Å². The SMILES string of the molecule is C=C(C)c1c(-c2cccc(O)c2)ncc2c(N3CC4CCC(C3)N4)nc(OCC34CCCN3CCC4)nc12. The molecule has 0 radical (unpaired) electrons. The minimum absolute atomic E-state index is 0.120. The van der Waals surface area contributed by atoms with Crippen LogP contribution in [-0.4, -0.2) is 75.4 Å². The molecule has 6 heterocycles. The second-order valence-electron chi connectivity index (χ2n) is 11.7. The molecule has 7 rings (SSSR count). The molecule has 0 spiro atoms. The molecule has 1 aromatic carbocycles. The van der Waals surface area contributed by atoms with Gasteiger partial charge in [0.1, 0.15) is 18.2 Å². The summed E-state index contributed by atoms with van der Waals surface area (Å²) in [5.41, 5.74) is 4.26. The number of piperazine rings is 1. The molecule has 198 valence electrons. The summed E-state index contributed by atoms with van der Waals surface area (Å²) < 4.78 is 6.51. The normalized spacial score (nSPS) is 24.2. The van der Waals surface area contributed by atoms with Crippen LogP contribution in [0.2, 0.25) is 0 Å². The number of nitrogens with zero attached hydrogens (tertiary/aromatic N) is 5. The number of fused-ring (bicyclic) bond motifs is 4. The summed E-state index contributed by atoms with van der Waals surface area (Å²) in [5, 5.41) is 14.8. The minimum atomic E-state index is 0.120. The number of rotatable bonds is 6. The van der Waals surface area contributed by atoms with Crippen LogP contribution < -0.4 is 15.0 Å². The van der Waals surface area contributed by atoms with E-state index in [0.717, 1.165) is 65.3 Å². The standard InChI is InChI=1S/C30H36N6O2/c1-19(2)25-26(20-6-3-7-23(37)14-20)31-15-24-27(25)33-29(38-18-30-10-4-12-36(30)13-5-11-30)34-28(24)35-16-21-8-9-22(17-35)32-21/h3,6-7,14-15,21-22,32,37H,1,4-5,8-13,16-18H2,2H3. The highest BCUT2D eigenvalue weighted by molar-refractivity contribution is 6.00. The molecule has 2 bridgehead atoms. The topological polar surface area (TPSA) is 86.6 Å². The molecule has 4 aliphatic heterocycles. The molecule has 0 amide bonds. The van der Waals surface area contributed by atoms with Crippen LogP contribution in [0.3, 0.4) is 0 Å². The van der Waals surface area contributed by atoms with Gasteiger partial charge in [-0.25, -0.2) is 0 Å². The molecule has 8 nitrogen and oxygen atoms in total. The number of aromatic hydroxyl groups is 1. The molecule has 3 aromatic rings. The number of benzene rings is 1. The van der Waals surface area contributed by atoms with Gasteiger partial charge < -0.3 is 20.1 Å². The van der Waals surface area contributed by atoms with Crippen molar-refractivity contribution >= 4 is 22.3 Å². The highest BCUT2D eigenvalue weighted by Gasteiger charge is 2.45. The summed E-state index contributed by atoms with van der Waals surface area (Å²) in [6, 6.07) is 8.60. The number of hydrogen-bond donors (Lipinski definition) is 2. The summed E-state index contributed by atoms with van der Waals surface area (Å²) in [6.07, 6.45) is 9.10. The maximum absolute atomic E-state index is 10.2. The van der Waals surface area contributed by atoms with E-state index in [1.165, 1.54) is 38.5 Å². The minimum Gasteiger partial charge on any atom is -0.508 e. The zero-order valence-corrected chi connectivity index (χ0v) is 22.1. The van der Waals surface area contributed by atoms with Gasteiger partial charge in [-0.05, 0) is 76.2 Å². The molecule has 0 saturated carbocycles. The Kier molecular flexibility index (Phi) is 5.78. The van der Waals surface area contributed by atoms with E-state index in [-0.39, 0.29) is 11.3 Å². The maximum Gasteiger partial charge on any atom is 0.319 e. The maximum atomic E-state index is 10.2. The van der Waals surface area contributed by atoms with Crippen molar-refractivity contribution in [3.63, 3.8) is 0 Å². The Balaban J connectivity index is 1.35. The van der Waals surface area contributed by atoms with Gasteiger partial charge in [-0.1, -0.05) is 18.7 Å². The first-order chi connectivity index (χ1) is 18.5.